The van der Waals surface area contributed by atoms with Crippen LogP contribution in [0.2, 0.25) is 0 Å². The molecule has 0 amide bonds. The molecule has 2 rings (SSSR count). The molecule has 0 radical (unpaired) electrons. The Labute approximate surface area is 108 Å². The Balaban J connectivity index is 2.25. The molecular weight excluding hydrogens is 315 g/mol. The quantitative estimate of drug-likeness (QED) is 0.878. The molecule has 2 aromatic heterocycles. The molecule has 1 N–H and O–H groups in total. The Kier molecular flexibility index (Phi) is 3.55. The number of hydrogen-bond donors (Lipinski definition) is 1. The number of hydrogen-bond acceptors (Lipinski definition) is 3. The zero-order valence-electron chi connectivity index (χ0n) is 9.18. The molecular formula is C11H13IN4. The molecule has 1 unspecified atom stereocenters. The van der Waals surface area contributed by atoms with E-state index in [1.807, 2.05) is 42.5 Å². The summed E-state index contributed by atoms with van der Waals surface area (Å²) in [5.41, 5.74) is 2.02. The Morgan fingerprint density at radius 3 is 2.69 bits per heavy atom. The van der Waals surface area contributed by atoms with Crippen molar-refractivity contribution in [1.82, 2.24) is 20.1 Å². The first-order chi connectivity index (χ1) is 7.70. The standard InChI is InChI=1S/C11H13IN4/c1-8(13-2)11-4-3-10(6-14-11)16-7-9(12)5-15-16/h3-8,13H,1-2H3. The molecule has 2 aromatic rings. The van der Waals surface area contributed by atoms with E-state index in [0.29, 0.717) is 0 Å². The van der Waals surface area contributed by atoms with Gasteiger partial charge in [-0.1, -0.05) is 0 Å². The van der Waals surface area contributed by atoms with E-state index in [0.717, 1.165) is 15.0 Å². The monoisotopic (exact) mass is 328 g/mol. The maximum Gasteiger partial charge on any atom is 0.0829 e. The number of pyridine rings is 1. The molecule has 2 heterocycles. The lowest BCUT2D eigenvalue weighted by atomic mass is 10.2. The first-order valence-corrected chi connectivity index (χ1v) is 6.12. The van der Waals surface area contributed by atoms with Gasteiger partial charge in [0.15, 0.2) is 0 Å². The van der Waals surface area contributed by atoms with Crippen molar-refractivity contribution in [2.24, 2.45) is 0 Å². The zero-order chi connectivity index (χ0) is 11.5. The number of nitrogens with zero attached hydrogens (tertiary/aromatic N) is 3. The minimum absolute atomic E-state index is 0.270. The van der Waals surface area contributed by atoms with Crippen molar-refractivity contribution in [3.63, 3.8) is 0 Å². The van der Waals surface area contributed by atoms with E-state index in [1.54, 1.807) is 0 Å². The van der Waals surface area contributed by atoms with Crippen LogP contribution in [0.5, 0.6) is 0 Å². The fourth-order valence-corrected chi connectivity index (χ4v) is 1.77. The Bertz CT molecular complexity index is 463. The number of nitrogens with one attached hydrogen (secondary N) is 1. The van der Waals surface area contributed by atoms with Crippen molar-refractivity contribution < 1.29 is 0 Å². The normalized spacial score (nSPS) is 12.7. The third-order valence-corrected chi connectivity index (χ3v) is 3.02. The highest BCUT2D eigenvalue weighted by Crippen LogP contribution is 2.12. The molecule has 0 saturated heterocycles. The van der Waals surface area contributed by atoms with Crippen molar-refractivity contribution in [1.29, 1.82) is 0 Å². The summed E-state index contributed by atoms with van der Waals surface area (Å²) in [4.78, 5) is 4.41. The van der Waals surface area contributed by atoms with Crippen LogP contribution in [0, 0.1) is 3.57 Å². The van der Waals surface area contributed by atoms with Crippen LogP contribution < -0.4 is 5.32 Å². The third kappa shape index (κ3) is 2.41. The van der Waals surface area contributed by atoms with Gasteiger partial charge in [-0.3, -0.25) is 4.98 Å². The topological polar surface area (TPSA) is 42.7 Å². The van der Waals surface area contributed by atoms with Crippen LogP contribution in [0.15, 0.2) is 30.7 Å². The van der Waals surface area contributed by atoms with E-state index < -0.39 is 0 Å². The van der Waals surface area contributed by atoms with Crippen LogP contribution in [0.4, 0.5) is 0 Å². The highest BCUT2D eigenvalue weighted by molar-refractivity contribution is 14.1. The van der Waals surface area contributed by atoms with Gasteiger partial charge in [-0.15, -0.1) is 0 Å². The van der Waals surface area contributed by atoms with E-state index in [-0.39, 0.29) is 6.04 Å². The van der Waals surface area contributed by atoms with Gasteiger partial charge in [-0.2, -0.15) is 5.10 Å². The molecule has 0 fully saturated rings. The summed E-state index contributed by atoms with van der Waals surface area (Å²) in [5, 5.41) is 7.39. The van der Waals surface area contributed by atoms with Crippen LogP contribution in [0.3, 0.4) is 0 Å². The van der Waals surface area contributed by atoms with Gasteiger partial charge in [-0.05, 0) is 48.7 Å². The SMILES string of the molecule is CNC(C)c1ccc(-n2cc(I)cn2)cn1. The second-order valence-electron chi connectivity index (χ2n) is 3.55. The molecule has 84 valence electrons. The maximum atomic E-state index is 4.41. The molecule has 0 aliphatic rings. The van der Waals surface area contributed by atoms with Crippen molar-refractivity contribution in [2.45, 2.75) is 13.0 Å². The molecule has 0 aliphatic carbocycles. The van der Waals surface area contributed by atoms with E-state index in [2.05, 4.69) is 44.9 Å². The number of halogens is 1. The van der Waals surface area contributed by atoms with Crippen LogP contribution >= 0.6 is 22.6 Å². The van der Waals surface area contributed by atoms with Gasteiger partial charge < -0.3 is 5.32 Å². The minimum Gasteiger partial charge on any atom is -0.312 e. The summed E-state index contributed by atoms with van der Waals surface area (Å²) in [6.45, 7) is 2.08. The Morgan fingerprint density at radius 1 is 1.38 bits per heavy atom. The van der Waals surface area contributed by atoms with Crippen LogP contribution in [-0.2, 0) is 0 Å². The second-order valence-corrected chi connectivity index (χ2v) is 4.80. The summed E-state index contributed by atoms with van der Waals surface area (Å²) in [7, 11) is 1.93. The largest absolute Gasteiger partial charge is 0.312 e. The molecule has 0 bridgehead atoms. The summed E-state index contributed by atoms with van der Waals surface area (Å²) in [5.74, 6) is 0. The van der Waals surface area contributed by atoms with Crippen LogP contribution in [-0.4, -0.2) is 21.8 Å². The fourth-order valence-electron chi connectivity index (χ4n) is 1.38. The molecule has 0 spiro atoms. The summed E-state index contributed by atoms with van der Waals surface area (Å²) >= 11 is 2.24. The van der Waals surface area contributed by atoms with Crippen molar-refractivity contribution in [2.75, 3.05) is 7.05 Å². The van der Waals surface area contributed by atoms with Gasteiger partial charge in [0.05, 0.1) is 27.3 Å². The predicted octanol–water partition coefficient (Wildman–Crippen LogP) is 2.15. The minimum atomic E-state index is 0.270. The molecule has 16 heavy (non-hydrogen) atoms. The van der Waals surface area contributed by atoms with Gasteiger partial charge in [0.1, 0.15) is 0 Å². The lowest BCUT2D eigenvalue weighted by Crippen LogP contribution is -2.13. The van der Waals surface area contributed by atoms with Gasteiger partial charge in [0, 0.05) is 12.2 Å². The van der Waals surface area contributed by atoms with Gasteiger partial charge >= 0.3 is 0 Å². The first kappa shape index (κ1) is 11.5. The summed E-state index contributed by atoms with van der Waals surface area (Å²) in [6, 6.07) is 4.32. The van der Waals surface area contributed by atoms with Gasteiger partial charge in [0.25, 0.3) is 0 Å². The lowest BCUT2D eigenvalue weighted by molar-refractivity contribution is 0.632. The molecule has 0 saturated carbocycles. The van der Waals surface area contributed by atoms with E-state index in [1.165, 1.54) is 0 Å². The van der Waals surface area contributed by atoms with E-state index in [4.69, 9.17) is 0 Å². The Morgan fingerprint density at radius 2 is 2.19 bits per heavy atom. The molecule has 0 aromatic carbocycles. The summed E-state index contributed by atoms with van der Waals surface area (Å²) in [6.07, 6.45) is 5.63. The first-order valence-electron chi connectivity index (χ1n) is 5.04. The Hall–Kier alpha value is -0.950. The second kappa shape index (κ2) is 4.92. The molecule has 4 nitrogen and oxygen atoms in total. The van der Waals surface area contributed by atoms with Crippen LogP contribution in [0.25, 0.3) is 5.69 Å². The van der Waals surface area contributed by atoms with Crippen LogP contribution in [0.1, 0.15) is 18.7 Å². The zero-order valence-corrected chi connectivity index (χ0v) is 11.3. The average molecular weight is 328 g/mol. The lowest BCUT2D eigenvalue weighted by Gasteiger charge is -2.09. The van der Waals surface area contributed by atoms with Crippen molar-refractivity contribution in [3.05, 3.63) is 40.0 Å². The smallest absolute Gasteiger partial charge is 0.0829 e. The van der Waals surface area contributed by atoms with Crippen molar-refractivity contribution in [3.8, 4) is 5.69 Å². The number of aromatic nitrogens is 3. The molecule has 1 atom stereocenters. The van der Waals surface area contributed by atoms with Crippen molar-refractivity contribution >= 4 is 22.6 Å². The van der Waals surface area contributed by atoms with Gasteiger partial charge in [0.2, 0.25) is 0 Å². The number of rotatable bonds is 3. The van der Waals surface area contributed by atoms with E-state index in [9.17, 15) is 0 Å². The average Bonchev–Trinajstić information content (AvgIpc) is 2.75. The third-order valence-electron chi connectivity index (χ3n) is 2.46. The van der Waals surface area contributed by atoms with E-state index >= 15 is 0 Å². The highest BCUT2D eigenvalue weighted by atomic mass is 127. The van der Waals surface area contributed by atoms with Gasteiger partial charge in [-0.25, -0.2) is 4.68 Å². The predicted molar refractivity (Wildman–Crippen MR) is 71.6 cm³/mol. The highest BCUT2D eigenvalue weighted by Gasteiger charge is 2.04. The fraction of sp³-hybridized carbons (Fsp3) is 0.273. The molecule has 5 heteroatoms. The maximum absolute atomic E-state index is 4.41. The molecule has 0 aliphatic heterocycles. The summed E-state index contributed by atoms with van der Waals surface area (Å²) < 4.78 is 2.94.